The van der Waals surface area contributed by atoms with Crippen molar-refractivity contribution >= 4 is 11.8 Å². The maximum Gasteiger partial charge on any atom is 0.311 e. The van der Waals surface area contributed by atoms with Gasteiger partial charge in [-0.3, -0.25) is 9.59 Å². The number of methoxy groups -OCH3 is 2. The normalized spacial score (nSPS) is 31.7. The van der Waals surface area contributed by atoms with E-state index >= 15 is 0 Å². The minimum absolute atomic E-state index is 0.0277. The van der Waals surface area contributed by atoms with Crippen LogP contribution in [-0.4, -0.2) is 44.3 Å². The average Bonchev–Trinajstić information content (AvgIpc) is 3.60. The first kappa shape index (κ1) is 30.6. The maximum absolute atomic E-state index is 13.4. The molecule has 6 atom stereocenters. The van der Waals surface area contributed by atoms with Crippen molar-refractivity contribution in [2.75, 3.05) is 14.2 Å². The number of fused-ring (bicyclic) bond motifs is 3. The minimum Gasteiger partial charge on any atom is -0.497 e. The van der Waals surface area contributed by atoms with Gasteiger partial charge in [-0.25, -0.2) is 0 Å². The Kier molecular flexibility index (Phi) is 8.03. The Labute approximate surface area is 241 Å². The van der Waals surface area contributed by atoms with Crippen LogP contribution in [0, 0.1) is 34.5 Å². The van der Waals surface area contributed by atoms with Crippen molar-refractivity contribution in [2.24, 2.45) is 27.6 Å². The predicted molar refractivity (Wildman–Crippen MR) is 157 cm³/mol. The lowest BCUT2D eigenvalue weighted by atomic mass is 9.55. The number of Topliss-reactive ketones (excluding diaryl/α,β-unsaturated/α-hetero) is 1. The van der Waals surface area contributed by atoms with Crippen molar-refractivity contribution in [3.05, 3.63) is 34.9 Å². The Morgan fingerprint density at radius 1 is 1.12 bits per heavy atom. The zero-order chi connectivity index (χ0) is 29.8. The molecule has 1 saturated heterocycles. The molecule has 2 saturated carbocycles. The third kappa shape index (κ3) is 5.33. The lowest BCUT2D eigenvalue weighted by Crippen LogP contribution is -2.45. The smallest absolute Gasteiger partial charge is 0.311 e. The van der Waals surface area contributed by atoms with Gasteiger partial charge in [0.1, 0.15) is 23.7 Å². The van der Waals surface area contributed by atoms with Crippen LogP contribution in [0.1, 0.15) is 92.2 Å². The maximum atomic E-state index is 13.4. The molecule has 0 spiro atoms. The first-order valence-corrected chi connectivity index (χ1v) is 14.7. The van der Waals surface area contributed by atoms with E-state index in [-0.39, 0.29) is 52.2 Å². The van der Waals surface area contributed by atoms with Crippen LogP contribution in [0.2, 0.25) is 0 Å². The van der Waals surface area contributed by atoms with Gasteiger partial charge in [-0.15, -0.1) is 0 Å². The summed E-state index contributed by atoms with van der Waals surface area (Å²) in [6.07, 6.45) is 5.43. The molecule has 6 heteroatoms. The van der Waals surface area contributed by atoms with Crippen LogP contribution in [0.3, 0.4) is 0 Å². The number of rotatable bonds is 9. The van der Waals surface area contributed by atoms with Crippen molar-refractivity contribution in [2.45, 2.75) is 113 Å². The van der Waals surface area contributed by atoms with Crippen LogP contribution in [-0.2, 0) is 25.5 Å². The van der Waals surface area contributed by atoms with E-state index in [0.29, 0.717) is 19.3 Å². The molecule has 2 aliphatic carbocycles. The molecule has 1 heterocycles. The Morgan fingerprint density at radius 2 is 1.80 bits per heavy atom. The summed E-state index contributed by atoms with van der Waals surface area (Å²) >= 11 is 0. The summed E-state index contributed by atoms with van der Waals surface area (Å²) in [5, 5.41) is 0. The highest BCUT2D eigenvalue weighted by Crippen LogP contribution is 2.72. The van der Waals surface area contributed by atoms with E-state index in [1.54, 1.807) is 14.2 Å². The first-order chi connectivity index (χ1) is 18.5. The fraction of sp³-hybridized carbons (Fsp3) is 0.706. The van der Waals surface area contributed by atoms with Gasteiger partial charge < -0.3 is 18.9 Å². The van der Waals surface area contributed by atoms with Gasteiger partial charge in [0.2, 0.25) is 0 Å². The summed E-state index contributed by atoms with van der Waals surface area (Å²) < 4.78 is 23.3. The van der Waals surface area contributed by atoms with Crippen LogP contribution in [0.25, 0.3) is 0 Å². The predicted octanol–water partition coefficient (Wildman–Crippen LogP) is 7.04. The molecule has 0 amide bonds. The number of carbonyl (C=O) groups is 2. The molecule has 2 bridgehead atoms. The zero-order valence-corrected chi connectivity index (χ0v) is 26.5. The average molecular weight is 555 g/mol. The molecular weight excluding hydrogens is 504 g/mol. The molecule has 0 unspecified atom stereocenters. The molecule has 0 radical (unpaired) electrons. The Morgan fingerprint density at radius 3 is 2.40 bits per heavy atom. The van der Waals surface area contributed by atoms with Crippen LogP contribution in [0.4, 0.5) is 0 Å². The third-order valence-electron chi connectivity index (χ3n) is 10.6. The second-order valence-corrected chi connectivity index (χ2v) is 14.6. The number of hydrogen-bond acceptors (Lipinski definition) is 6. The molecular formula is C34H50O6. The van der Waals surface area contributed by atoms with Crippen molar-refractivity contribution in [3.63, 3.8) is 0 Å². The van der Waals surface area contributed by atoms with Crippen LogP contribution in [0.15, 0.2) is 23.8 Å². The Bertz CT molecular complexity index is 1190. The Hall–Kier alpha value is -2.34. The van der Waals surface area contributed by atoms with Crippen LogP contribution >= 0.6 is 0 Å². The molecule has 1 aromatic rings. The lowest BCUT2D eigenvalue weighted by Gasteiger charge is -2.50. The number of benzene rings is 1. The standard InChI is InChI=1S/C34H50O6/c1-20(12-13-22-16-23(37-10)15-21(2)28(22)38-11)14-24(39-30(36)31(3,4)5)17-33(8)18-25-27(35)29-26(40-29)19-34(33,9)32(25,6)7/h12,15-16,24-26,29H,13-14,17-19H2,1-11H3/b20-12+/t24-,25+,26-,29-,33-,34-/m1/s1. The monoisotopic (exact) mass is 554 g/mol. The van der Waals surface area contributed by atoms with Gasteiger partial charge in [-0.2, -0.15) is 0 Å². The SMILES string of the molecule is COc1cc(C)c(OC)c(C/C=C(\C)C[C@H](C[C@]2(C)C[C@H]3C(=O)[C@@H]4O[C@@H]4C[C@]2(C)C3(C)C)OC(=O)C(C)(C)C)c1. The molecule has 40 heavy (non-hydrogen) atoms. The van der Waals surface area contributed by atoms with Gasteiger partial charge in [-0.1, -0.05) is 39.3 Å². The number of epoxide rings is 1. The second kappa shape index (κ2) is 10.5. The van der Waals surface area contributed by atoms with Crippen LogP contribution in [0.5, 0.6) is 11.5 Å². The number of carbonyl (C=O) groups excluding carboxylic acids is 2. The number of ether oxygens (including phenoxy) is 4. The van der Waals surface area contributed by atoms with Gasteiger partial charge in [0.05, 0.1) is 25.7 Å². The summed E-state index contributed by atoms with van der Waals surface area (Å²) in [7, 11) is 3.37. The molecule has 3 aliphatic rings. The van der Waals surface area contributed by atoms with Gasteiger partial charge in [0, 0.05) is 17.9 Å². The third-order valence-corrected chi connectivity index (χ3v) is 10.6. The minimum atomic E-state index is -0.598. The number of esters is 1. The number of allylic oxidation sites excluding steroid dienone is 1. The molecule has 6 nitrogen and oxygen atoms in total. The van der Waals surface area contributed by atoms with Crippen molar-refractivity contribution in [3.8, 4) is 11.5 Å². The molecule has 3 fully saturated rings. The highest BCUT2D eigenvalue weighted by atomic mass is 16.6. The van der Waals surface area contributed by atoms with Crippen LogP contribution < -0.4 is 9.47 Å². The quantitative estimate of drug-likeness (QED) is 0.185. The van der Waals surface area contributed by atoms with E-state index in [2.05, 4.69) is 40.7 Å². The molecule has 0 aromatic heterocycles. The van der Waals surface area contributed by atoms with Gasteiger partial charge in [0.25, 0.3) is 0 Å². The molecule has 0 N–H and O–H groups in total. The zero-order valence-electron chi connectivity index (χ0n) is 26.5. The van der Waals surface area contributed by atoms with E-state index in [0.717, 1.165) is 41.0 Å². The van der Waals surface area contributed by atoms with Gasteiger partial charge in [-0.05, 0) is 94.2 Å². The summed E-state index contributed by atoms with van der Waals surface area (Å²) in [4.78, 5) is 26.5. The van der Waals surface area contributed by atoms with E-state index in [9.17, 15) is 9.59 Å². The largest absolute Gasteiger partial charge is 0.497 e. The fourth-order valence-corrected chi connectivity index (χ4v) is 7.60. The summed E-state index contributed by atoms with van der Waals surface area (Å²) in [6.45, 7) is 19.0. The summed E-state index contributed by atoms with van der Waals surface area (Å²) in [5.41, 5.74) is 2.20. The molecule has 1 aliphatic heterocycles. The number of ketones is 1. The molecule has 1 aromatic carbocycles. The molecule has 4 rings (SSSR count). The van der Waals surface area contributed by atoms with E-state index in [4.69, 9.17) is 18.9 Å². The molecule has 222 valence electrons. The fourth-order valence-electron chi connectivity index (χ4n) is 7.60. The lowest BCUT2D eigenvalue weighted by molar-refractivity contribution is -0.161. The highest BCUT2D eigenvalue weighted by molar-refractivity contribution is 5.90. The number of aryl methyl sites for hydroxylation is 1. The number of hydrogen-bond donors (Lipinski definition) is 0. The van der Waals surface area contributed by atoms with E-state index in [1.165, 1.54) is 0 Å². The summed E-state index contributed by atoms with van der Waals surface area (Å²) in [5.74, 6) is 1.70. The Balaban J connectivity index is 1.61. The van der Waals surface area contributed by atoms with Crippen molar-refractivity contribution in [1.82, 2.24) is 0 Å². The van der Waals surface area contributed by atoms with E-state index in [1.807, 2.05) is 39.8 Å². The van der Waals surface area contributed by atoms with E-state index < -0.39 is 5.41 Å². The highest BCUT2D eigenvalue weighted by Gasteiger charge is 2.71. The van der Waals surface area contributed by atoms with Gasteiger partial charge in [0.15, 0.2) is 5.78 Å². The van der Waals surface area contributed by atoms with Gasteiger partial charge >= 0.3 is 5.97 Å². The summed E-state index contributed by atoms with van der Waals surface area (Å²) in [6, 6.07) is 3.99. The van der Waals surface area contributed by atoms with Crippen molar-refractivity contribution < 1.29 is 28.5 Å². The topological polar surface area (TPSA) is 74.4 Å². The second-order valence-electron chi connectivity index (χ2n) is 14.6. The van der Waals surface area contributed by atoms with Crippen molar-refractivity contribution in [1.29, 1.82) is 0 Å². The first-order valence-electron chi connectivity index (χ1n) is 14.7.